The van der Waals surface area contributed by atoms with Crippen LogP contribution in [0.5, 0.6) is 11.5 Å². The lowest BCUT2D eigenvalue weighted by Gasteiger charge is -2.62. The normalized spacial score (nSPS) is 42.9. The molecular formula is C25H29NO10. The first kappa shape index (κ1) is 23.8. The summed E-state index contributed by atoms with van der Waals surface area (Å²) in [5.41, 5.74) is -0.546. The number of aliphatic hydroxyl groups is 4. The Kier molecular flexibility index (Phi) is 5.28. The van der Waals surface area contributed by atoms with Crippen molar-refractivity contribution >= 4 is 11.8 Å². The number of carboxylic acid groups (broad SMARTS) is 1. The zero-order valence-electron chi connectivity index (χ0n) is 19.4. The average molecular weight is 504 g/mol. The van der Waals surface area contributed by atoms with E-state index in [1.165, 1.54) is 0 Å². The summed E-state index contributed by atoms with van der Waals surface area (Å²) in [6, 6.07) is 3.19. The molecule has 3 heterocycles. The van der Waals surface area contributed by atoms with E-state index in [1.807, 2.05) is 6.07 Å². The zero-order valence-corrected chi connectivity index (χ0v) is 19.4. The Morgan fingerprint density at radius 2 is 2.00 bits per heavy atom. The lowest BCUT2D eigenvalue weighted by molar-refractivity contribution is -0.271. The fourth-order valence-corrected chi connectivity index (χ4v) is 7.15. The molecule has 2 saturated heterocycles. The van der Waals surface area contributed by atoms with Gasteiger partial charge in [0.1, 0.15) is 18.3 Å². The van der Waals surface area contributed by atoms with Crippen LogP contribution < -0.4 is 9.47 Å². The lowest BCUT2D eigenvalue weighted by Crippen LogP contribution is -2.76. The highest BCUT2D eigenvalue weighted by atomic mass is 16.7. The minimum Gasteiger partial charge on any atom is -0.479 e. The summed E-state index contributed by atoms with van der Waals surface area (Å²) in [7, 11) is 0. The number of piperidine rings is 1. The second kappa shape index (κ2) is 7.98. The van der Waals surface area contributed by atoms with Gasteiger partial charge in [-0.25, -0.2) is 4.79 Å². The van der Waals surface area contributed by atoms with E-state index in [2.05, 4.69) is 11.5 Å². The number of nitrogens with zero attached hydrogens (tertiary/aromatic N) is 1. The second-order valence-electron chi connectivity index (χ2n) is 10.4. The zero-order chi connectivity index (χ0) is 25.6. The van der Waals surface area contributed by atoms with Crippen LogP contribution in [-0.2, 0) is 26.2 Å². The standard InChI is InChI=1S/C25H29NO10/c1-2-8-26-9-7-24-15-11-3-4-13(34-23-18(30)16(28)17(29)20(36-23)22(31)32)19(15)35-21(24)12(27)5-6-25(24,33)14(26)10-11/h2-4,14,16-18,20-21,23,28-30,33H,1,5-10H2,(H,31,32). The molecule has 9 unspecified atom stereocenters. The maximum Gasteiger partial charge on any atom is 0.335 e. The number of carbonyl (C=O) groups is 2. The summed E-state index contributed by atoms with van der Waals surface area (Å²) in [6.45, 7) is 5.10. The SMILES string of the molecule is C=CCN1CCC23c4c5ccc(OC6OC(C(=O)O)C(O)C(O)C6O)c4OC2C(=O)CCC3(O)C1C5. The smallest absolute Gasteiger partial charge is 0.335 e. The largest absolute Gasteiger partial charge is 0.479 e. The molecule has 0 radical (unpaired) electrons. The van der Waals surface area contributed by atoms with E-state index in [-0.39, 0.29) is 29.7 Å². The van der Waals surface area contributed by atoms with E-state index >= 15 is 0 Å². The predicted molar refractivity (Wildman–Crippen MR) is 121 cm³/mol. The van der Waals surface area contributed by atoms with Gasteiger partial charge < -0.3 is 39.7 Å². The van der Waals surface area contributed by atoms with Crippen molar-refractivity contribution in [2.75, 3.05) is 13.1 Å². The van der Waals surface area contributed by atoms with Crippen LogP contribution in [0.15, 0.2) is 24.8 Å². The van der Waals surface area contributed by atoms with Gasteiger partial charge in [-0.3, -0.25) is 9.69 Å². The molecule has 2 bridgehead atoms. The highest BCUT2D eigenvalue weighted by Crippen LogP contribution is 2.65. The molecule has 0 amide bonds. The van der Waals surface area contributed by atoms with Crippen molar-refractivity contribution < 1.29 is 49.3 Å². The van der Waals surface area contributed by atoms with Crippen LogP contribution in [0.3, 0.4) is 0 Å². The summed E-state index contributed by atoms with van der Waals surface area (Å²) >= 11 is 0. The van der Waals surface area contributed by atoms with Gasteiger partial charge in [0.15, 0.2) is 29.5 Å². The molecule has 1 aromatic rings. The number of hydrogen-bond acceptors (Lipinski definition) is 10. The second-order valence-corrected chi connectivity index (χ2v) is 10.4. The maximum absolute atomic E-state index is 13.1. The quantitative estimate of drug-likeness (QED) is 0.309. The number of ketones is 1. The fraction of sp³-hybridized carbons (Fsp3) is 0.600. The molecule has 9 atom stereocenters. The van der Waals surface area contributed by atoms with Crippen molar-refractivity contribution in [1.82, 2.24) is 4.90 Å². The van der Waals surface area contributed by atoms with Crippen LogP contribution in [0.2, 0.25) is 0 Å². The molecule has 3 fully saturated rings. The number of rotatable bonds is 5. The van der Waals surface area contributed by atoms with E-state index in [0.717, 1.165) is 5.56 Å². The molecule has 1 aromatic carbocycles. The maximum atomic E-state index is 13.1. The third kappa shape index (κ3) is 2.89. The summed E-state index contributed by atoms with van der Waals surface area (Å²) < 4.78 is 17.4. The van der Waals surface area contributed by atoms with Gasteiger partial charge in [-0.05, 0) is 30.9 Å². The Labute approximate surface area is 206 Å². The summed E-state index contributed by atoms with van der Waals surface area (Å²) in [4.78, 5) is 26.8. The first-order valence-electron chi connectivity index (χ1n) is 12.2. The van der Waals surface area contributed by atoms with E-state index in [0.29, 0.717) is 37.9 Å². The highest BCUT2D eigenvalue weighted by Gasteiger charge is 2.73. The van der Waals surface area contributed by atoms with E-state index < -0.39 is 53.8 Å². The van der Waals surface area contributed by atoms with Gasteiger partial charge >= 0.3 is 5.97 Å². The Morgan fingerprint density at radius 1 is 1.22 bits per heavy atom. The fourth-order valence-electron chi connectivity index (χ4n) is 7.15. The van der Waals surface area contributed by atoms with Crippen molar-refractivity contribution in [2.45, 2.75) is 79.6 Å². The third-order valence-electron chi connectivity index (χ3n) is 8.77. The van der Waals surface area contributed by atoms with Crippen LogP contribution in [0, 0.1) is 0 Å². The van der Waals surface area contributed by atoms with Gasteiger partial charge in [0.25, 0.3) is 0 Å². The molecule has 5 N–H and O–H groups in total. The lowest BCUT2D eigenvalue weighted by atomic mass is 9.49. The van der Waals surface area contributed by atoms with Gasteiger partial charge in [-0.15, -0.1) is 6.58 Å². The molecule has 194 valence electrons. The Balaban J connectivity index is 1.43. The van der Waals surface area contributed by atoms with Gasteiger partial charge in [0, 0.05) is 31.1 Å². The number of carboxylic acids is 1. The highest BCUT2D eigenvalue weighted by molar-refractivity contribution is 5.90. The van der Waals surface area contributed by atoms with Crippen LogP contribution in [0.25, 0.3) is 0 Å². The average Bonchev–Trinajstić information content (AvgIpc) is 3.20. The molecular weight excluding hydrogens is 474 g/mol. The molecule has 11 heteroatoms. The molecule has 11 nitrogen and oxygen atoms in total. The predicted octanol–water partition coefficient (Wildman–Crippen LogP) is -1.13. The molecule has 5 aliphatic rings. The van der Waals surface area contributed by atoms with Crippen molar-refractivity contribution in [1.29, 1.82) is 0 Å². The number of aliphatic carboxylic acids is 1. The van der Waals surface area contributed by atoms with Crippen LogP contribution in [-0.4, -0.2) is 104 Å². The number of benzene rings is 1. The number of carbonyl (C=O) groups excluding carboxylic acids is 1. The monoisotopic (exact) mass is 503 g/mol. The van der Waals surface area contributed by atoms with Gasteiger partial charge in [0.2, 0.25) is 6.29 Å². The van der Waals surface area contributed by atoms with Gasteiger partial charge in [-0.2, -0.15) is 0 Å². The minimum absolute atomic E-state index is 0.0939. The molecule has 6 rings (SSSR count). The molecule has 2 aliphatic carbocycles. The summed E-state index contributed by atoms with van der Waals surface area (Å²) in [5.74, 6) is -1.28. The number of likely N-dealkylation sites (tertiary alicyclic amines) is 1. The minimum atomic E-state index is -1.85. The van der Waals surface area contributed by atoms with E-state index in [4.69, 9.17) is 14.2 Å². The van der Waals surface area contributed by atoms with Crippen molar-refractivity contribution in [3.63, 3.8) is 0 Å². The van der Waals surface area contributed by atoms with Gasteiger partial charge in [0.05, 0.1) is 11.0 Å². The Morgan fingerprint density at radius 3 is 2.72 bits per heavy atom. The van der Waals surface area contributed by atoms with Crippen LogP contribution in [0.1, 0.15) is 30.4 Å². The topological polar surface area (TPSA) is 166 Å². The van der Waals surface area contributed by atoms with E-state index in [1.54, 1.807) is 12.1 Å². The summed E-state index contributed by atoms with van der Waals surface area (Å²) in [5, 5.41) is 52.1. The van der Waals surface area contributed by atoms with Crippen molar-refractivity contribution in [2.24, 2.45) is 0 Å². The molecule has 1 spiro atoms. The Hall–Kier alpha value is -2.54. The van der Waals surface area contributed by atoms with Crippen molar-refractivity contribution in [3.05, 3.63) is 35.9 Å². The van der Waals surface area contributed by atoms with E-state index in [9.17, 15) is 35.1 Å². The summed E-state index contributed by atoms with van der Waals surface area (Å²) in [6.07, 6.45) is -6.44. The van der Waals surface area contributed by atoms with Crippen molar-refractivity contribution in [3.8, 4) is 11.5 Å². The number of hydrogen-bond donors (Lipinski definition) is 5. The van der Waals surface area contributed by atoms with Crippen LogP contribution in [0.4, 0.5) is 0 Å². The first-order chi connectivity index (χ1) is 17.1. The molecule has 36 heavy (non-hydrogen) atoms. The van der Waals surface area contributed by atoms with Gasteiger partial charge in [-0.1, -0.05) is 12.1 Å². The third-order valence-corrected chi connectivity index (χ3v) is 8.77. The number of Topliss-reactive ketones (excluding diaryl/α,β-unsaturated/α-hetero) is 1. The molecule has 0 aromatic heterocycles. The molecule has 3 aliphatic heterocycles. The first-order valence-corrected chi connectivity index (χ1v) is 12.2. The number of aliphatic hydroxyl groups excluding tert-OH is 3. The van der Waals surface area contributed by atoms with Crippen LogP contribution >= 0.6 is 0 Å². The molecule has 1 saturated carbocycles. The Bertz CT molecular complexity index is 1140. The number of ether oxygens (including phenoxy) is 3.